The van der Waals surface area contributed by atoms with Gasteiger partial charge in [0.25, 0.3) is 0 Å². The molecule has 32 valence electrons. The van der Waals surface area contributed by atoms with Crippen LogP contribution in [0.2, 0.25) is 0 Å². The zero-order chi connectivity index (χ0) is 4.28. The minimum atomic E-state index is -0.646. The SMILES string of the molecule is COC(O)I. The minimum absolute atomic E-state index is 0.646. The van der Waals surface area contributed by atoms with Crippen LogP contribution in [-0.4, -0.2) is 16.5 Å². The van der Waals surface area contributed by atoms with Crippen LogP contribution in [-0.2, 0) is 4.74 Å². The van der Waals surface area contributed by atoms with Gasteiger partial charge in [-0.1, -0.05) is 0 Å². The van der Waals surface area contributed by atoms with E-state index in [4.69, 9.17) is 5.11 Å². The van der Waals surface area contributed by atoms with Crippen molar-refractivity contribution in [2.45, 2.75) is 4.30 Å². The van der Waals surface area contributed by atoms with E-state index in [0.29, 0.717) is 0 Å². The van der Waals surface area contributed by atoms with Crippen LogP contribution in [0.25, 0.3) is 0 Å². The van der Waals surface area contributed by atoms with E-state index in [9.17, 15) is 0 Å². The highest BCUT2D eigenvalue weighted by molar-refractivity contribution is 14.1. The summed E-state index contributed by atoms with van der Waals surface area (Å²) in [5.41, 5.74) is 0. The first-order valence-electron chi connectivity index (χ1n) is 1.12. The molecule has 0 heterocycles. The Bertz CT molecular complexity index is 21.6. The second-order valence-electron chi connectivity index (χ2n) is 0.528. The molecule has 1 unspecified atom stereocenters. The third kappa shape index (κ3) is 4.65. The molecule has 0 amide bonds. The van der Waals surface area contributed by atoms with Gasteiger partial charge in [0.05, 0.1) is 0 Å². The molecule has 0 fully saturated rings. The molecule has 0 saturated heterocycles. The number of halogens is 1. The quantitative estimate of drug-likeness (QED) is 0.365. The number of hydrogen-bond donors (Lipinski definition) is 1. The molecule has 0 spiro atoms. The van der Waals surface area contributed by atoms with Gasteiger partial charge < -0.3 is 9.84 Å². The Kier molecular flexibility index (Phi) is 3.24. The predicted molar refractivity (Wildman–Crippen MR) is 27.0 cm³/mol. The molecule has 3 heteroatoms. The van der Waals surface area contributed by atoms with Gasteiger partial charge in [0.1, 0.15) is 0 Å². The van der Waals surface area contributed by atoms with Gasteiger partial charge >= 0.3 is 0 Å². The largest absolute Gasteiger partial charge is 0.360 e. The van der Waals surface area contributed by atoms with Crippen molar-refractivity contribution in [3.63, 3.8) is 0 Å². The lowest BCUT2D eigenvalue weighted by Crippen LogP contribution is -1.94. The summed E-state index contributed by atoms with van der Waals surface area (Å²) in [6, 6.07) is 0. The summed E-state index contributed by atoms with van der Waals surface area (Å²) in [5.74, 6) is 0. The van der Waals surface area contributed by atoms with E-state index in [1.54, 1.807) is 22.6 Å². The Balaban J connectivity index is 2.54. The molecule has 1 atom stereocenters. The van der Waals surface area contributed by atoms with Crippen LogP contribution in [0.1, 0.15) is 0 Å². The summed E-state index contributed by atoms with van der Waals surface area (Å²) in [5, 5.41) is 8.13. The lowest BCUT2D eigenvalue weighted by Gasteiger charge is -1.91. The molecule has 0 bridgehead atoms. The maximum atomic E-state index is 8.13. The van der Waals surface area contributed by atoms with Crippen LogP contribution in [0.5, 0.6) is 0 Å². The number of rotatable bonds is 1. The van der Waals surface area contributed by atoms with Crippen molar-refractivity contribution in [3.05, 3.63) is 0 Å². The molecule has 0 aromatic heterocycles. The second-order valence-corrected chi connectivity index (χ2v) is 1.59. The normalized spacial score (nSPS) is 15.0. The summed E-state index contributed by atoms with van der Waals surface area (Å²) < 4.78 is 3.65. The number of ether oxygens (including phenoxy) is 1. The molecule has 5 heavy (non-hydrogen) atoms. The fourth-order valence-electron chi connectivity index (χ4n) is 0. The molecule has 0 aliphatic carbocycles. The minimum Gasteiger partial charge on any atom is -0.360 e. The van der Waals surface area contributed by atoms with Crippen molar-refractivity contribution in [1.29, 1.82) is 0 Å². The van der Waals surface area contributed by atoms with E-state index in [-0.39, 0.29) is 0 Å². The molecule has 0 aliphatic heterocycles. The zero-order valence-electron chi connectivity index (χ0n) is 2.81. The Morgan fingerprint density at radius 2 is 2.20 bits per heavy atom. The first-order valence-corrected chi connectivity index (χ1v) is 2.37. The van der Waals surface area contributed by atoms with Crippen LogP contribution in [0, 0.1) is 0 Å². The Morgan fingerprint density at radius 3 is 2.20 bits per heavy atom. The fraction of sp³-hybridized carbons (Fsp3) is 1.00. The maximum Gasteiger partial charge on any atom is 0.207 e. The van der Waals surface area contributed by atoms with Crippen LogP contribution < -0.4 is 0 Å². The van der Waals surface area contributed by atoms with Gasteiger partial charge in [-0.25, -0.2) is 0 Å². The average Bonchev–Trinajstić information content (AvgIpc) is 1.38. The van der Waals surface area contributed by atoms with E-state index in [1.165, 1.54) is 7.11 Å². The van der Waals surface area contributed by atoms with Gasteiger partial charge in [0, 0.05) is 7.11 Å². The van der Waals surface area contributed by atoms with Gasteiger partial charge in [-0.2, -0.15) is 0 Å². The van der Waals surface area contributed by atoms with Crippen molar-refractivity contribution >= 4 is 22.6 Å². The Hall–Kier alpha value is 0.650. The Morgan fingerprint density at radius 1 is 2.00 bits per heavy atom. The third-order valence-corrected chi connectivity index (χ3v) is 0.703. The molecular formula is C2H5IO2. The summed E-state index contributed by atoms with van der Waals surface area (Å²) >= 11 is 1.74. The molecule has 0 saturated carbocycles. The van der Waals surface area contributed by atoms with Gasteiger partial charge in [0.2, 0.25) is 4.30 Å². The first-order chi connectivity index (χ1) is 2.27. The van der Waals surface area contributed by atoms with Gasteiger partial charge in [-0.15, -0.1) is 0 Å². The highest BCUT2D eigenvalue weighted by atomic mass is 127. The number of hydrogen-bond acceptors (Lipinski definition) is 2. The smallest absolute Gasteiger partial charge is 0.207 e. The maximum absolute atomic E-state index is 8.13. The fourth-order valence-corrected chi connectivity index (χ4v) is 0. The highest BCUT2D eigenvalue weighted by Gasteiger charge is 1.83. The third-order valence-electron chi connectivity index (χ3n) is 0.194. The van der Waals surface area contributed by atoms with Gasteiger partial charge in [-0.3, -0.25) is 0 Å². The molecule has 2 nitrogen and oxygen atoms in total. The second kappa shape index (κ2) is 2.87. The van der Waals surface area contributed by atoms with E-state index in [2.05, 4.69) is 4.74 Å². The van der Waals surface area contributed by atoms with Crippen molar-refractivity contribution in [3.8, 4) is 0 Å². The molecule has 0 aromatic carbocycles. The van der Waals surface area contributed by atoms with E-state index >= 15 is 0 Å². The highest BCUT2D eigenvalue weighted by Crippen LogP contribution is 1.90. The monoisotopic (exact) mass is 188 g/mol. The van der Waals surface area contributed by atoms with E-state index in [0.717, 1.165) is 0 Å². The van der Waals surface area contributed by atoms with Crippen LogP contribution in [0.3, 0.4) is 0 Å². The molecule has 0 rings (SSSR count). The van der Waals surface area contributed by atoms with E-state index in [1.807, 2.05) is 0 Å². The van der Waals surface area contributed by atoms with Gasteiger partial charge in [-0.05, 0) is 22.6 Å². The van der Waals surface area contributed by atoms with Crippen molar-refractivity contribution in [2.75, 3.05) is 7.11 Å². The van der Waals surface area contributed by atoms with Crippen LogP contribution >= 0.6 is 22.6 Å². The molecule has 1 N–H and O–H groups in total. The number of aliphatic hydroxyl groups is 1. The standard InChI is InChI=1S/C2H5IO2/c1-5-2(3)4/h2,4H,1H3. The Labute approximate surface area is 44.3 Å². The average molecular weight is 188 g/mol. The molecule has 0 aliphatic rings. The van der Waals surface area contributed by atoms with E-state index < -0.39 is 4.30 Å². The molecule has 0 aromatic rings. The summed E-state index contributed by atoms with van der Waals surface area (Å²) in [6.45, 7) is 0. The number of aliphatic hydroxyl groups excluding tert-OH is 1. The number of methoxy groups -OCH3 is 1. The summed E-state index contributed by atoms with van der Waals surface area (Å²) in [6.07, 6.45) is 0. The van der Waals surface area contributed by atoms with Crippen LogP contribution in [0.4, 0.5) is 0 Å². The molecular weight excluding hydrogens is 183 g/mol. The topological polar surface area (TPSA) is 29.5 Å². The van der Waals surface area contributed by atoms with Crippen molar-refractivity contribution in [1.82, 2.24) is 0 Å². The summed E-state index contributed by atoms with van der Waals surface area (Å²) in [7, 11) is 1.44. The first kappa shape index (κ1) is 5.65. The van der Waals surface area contributed by atoms with Crippen molar-refractivity contribution in [2.24, 2.45) is 0 Å². The van der Waals surface area contributed by atoms with Crippen molar-refractivity contribution < 1.29 is 9.84 Å². The zero-order valence-corrected chi connectivity index (χ0v) is 4.97. The van der Waals surface area contributed by atoms with Crippen LogP contribution in [0.15, 0.2) is 0 Å². The lowest BCUT2D eigenvalue weighted by molar-refractivity contribution is 0.0135. The summed E-state index contributed by atoms with van der Waals surface area (Å²) in [4.78, 5) is 0. The lowest BCUT2D eigenvalue weighted by atomic mass is 11.4. The van der Waals surface area contributed by atoms with Gasteiger partial charge in [0.15, 0.2) is 0 Å². The molecule has 0 radical (unpaired) electrons. The predicted octanol–water partition coefficient (Wildman–Crippen LogP) is 0.344. The number of alkyl halides is 1.